The average molecular weight is 391 g/mol. The molecule has 0 bridgehead atoms. The Morgan fingerprint density at radius 3 is 2.70 bits per heavy atom. The molecule has 2 amide bonds. The molecule has 0 saturated carbocycles. The van der Waals surface area contributed by atoms with Gasteiger partial charge in [0.05, 0.1) is 12.7 Å². The first-order valence-corrected chi connectivity index (χ1v) is 9.04. The van der Waals surface area contributed by atoms with Crippen molar-refractivity contribution in [3.63, 3.8) is 0 Å². The number of likely N-dealkylation sites (tertiary alicyclic amines) is 1. The van der Waals surface area contributed by atoms with Crippen molar-refractivity contribution in [3.05, 3.63) is 64.4 Å². The highest BCUT2D eigenvalue weighted by atomic mass is 35.5. The lowest BCUT2D eigenvalue weighted by Crippen LogP contribution is -2.45. The van der Waals surface area contributed by atoms with Gasteiger partial charge in [-0.2, -0.15) is 0 Å². The number of nitrogens with zero attached hydrogens (tertiary/aromatic N) is 1. The lowest BCUT2D eigenvalue weighted by atomic mass is 10.1. The summed E-state index contributed by atoms with van der Waals surface area (Å²) >= 11 is 6.02. The summed E-state index contributed by atoms with van der Waals surface area (Å²) in [4.78, 5) is 27.1. The van der Waals surface area contributed by atoms with Gasteiger partial charge in [-0.25, -0.2) is 4.39 Å². The molecule has 1 fully saturated rings. The molecule has 1 aliphatic heterocycles. The van der Waals surface area contributed by atoms with Crippen LogP contribution in [0.5, 0.6) is 5.75 Å². The van der Waals surface area contributed by atoms with Crippen molar-refractivity contribution < 1.29 is 18.7 Å². The van der Waals surface area contributed by atoms with Crippen LogP contribution in [0.1, 0.15) is 28.8 Å². The molecule has 2 aromatic rings. The Hall–Kier alpha value is -2.60. The van der Waals surface area contributed by atoms with Crippen LogP contribution >= 0.6 is 11.6 Å². The minimum absolute atomic E-state index is 0.230. The molecule has 2 aromatic carbocycles. The molecule has 1 aliphatic rings. The monoisotopic (exact) mass is 390 g/mol. The molecule has 1 N–H and O–H groups in total. The summed E-state index contributed by atoms with van der Waals surface area (Å²) in [5, 5.41) is 3.25. The van der Waals surface area contributed by atoms with Gasteiger partial charge in [-0.1, -0.05) is 23.7 Å². The van der Waals surface area contributed by atoms with Gasteiger partial charge in [-0.05, 0) is 48.7 Å². The first-order valence-electron chi connectivity index (χ1n) is 8.66. The van der Waals surface area contributed by atoms with Crippen LogP contribution in [0.15, 0.2) is 42.5 Å². The van der Waals surface area contributed by atoms with Crippen LogP contribution in [0, 0.1) is 5.82 Å². The number of carbonyl (C=O) groups is 2. The van der Waals surface area contributed by atoms with Gasteiger partial charge >= 0.3 is 0 Å². The molecule has 0 aliphatic carbocycles. The second-order valence-electron chi connectivity index (χ2n) is 6.35. The highest BCUT2D eigenvalue weighted by molar-refractivity contribution is 6.31. The predicted molar refractivity (Wildman–Crippen MR) is 100 cm³/mol. The molecule has 1 saturated heterocycles. The molecular weight excluding hydrogens is 371 g/mol. The summed E-state index contributed by atoms with van der Waals surface area (Å²) in [7, 11) is 1.48. The number of benzene rings is 2. The van der Waals surface area contributed by atoms with Crippen molar-refractivity contribution in [1.29, 1.82) is 0 Å². The molecule has 1 atom stereocenters. The molecule has 1 heterocycles. The van der Waals surface area contributed by atoms with Gasteiger partial charge in [-0.3, -0.25) is 9.59 Å². The van der Waals surface area contributed by atoms with Gasteiger partial charge in [0.25, 0.3) is 5.91 Å². The van der Waals surface area contributed by atoms with Crippen molar-refractivity contribution in [3.8, 4) is 5.75 Å². The maximum atomic E-state index is 13.0. The Labute approximate surface area is 162 Å². The molecule has 0 aromatic heterocycles. The van der Waals surface area contributed by atoms with Crippen molar-refractivity contribution in [2.45, 2.75) is 25.4 Å². The van der Waals surface area contributed by atoms with E-state index in [0.29, 0.717) is 29.3 Å². The summed E-state index contributed by atoms with van der Waals surface area (Å²) < 4.78 is 18.2. The Bertz CT molecular complexity index is 842. The average Bonchev–Trinajstić information content (AvgIpc) is 3.16. The highest BCUT2D eigenvalue weighted by Gasteiger charge is 2.35. The van der Waals surface area contributed by atoms with Crippen molar-refractivity contribution >= 4 is 23.4 Å². The summed E-state index contributed by atoms with van der Waals surface area (Å²) in [6.45, 7) is 0.765. The topological polar surface area (TPSA) is 58.6 Å². The fourth-order valence-electron chi connectivity index (χ4n) is 3.19. The van der Waals surface area contributed by atoms with Gasteiger partial charge in [0.1, 0.15) is 17.6 Å². The Kier molecular flexibility index (Phi) is 5.96. The van der Waals surface area contributed by atoms with Gasteiger partial charge in [-0.15, -0.1) is 0 Å². The number of carbonyl (C=O) groups excluding carboxylic acids is 2. The zero-order valence-corrected chi connectivity index (χ0v) is 15.6. The van der Waals surface area contributed by atoms with Crippen LogP contribution in [0.3, 0.4) is 0 Å². The minimum Gasteiger partial charge on any atom is -0.496 e. The summed E-state index contributed by atoms with van der Waals surface area (Å²) in [6.07, 6.45) is 1.33. The lowest BCUT2D eigenvalue weighted by Gasteiger charge is -2.25. The van der Waals surface area contributed by atoms with E-state index in [4.69, 9.17) is 16.3 Å². The lowest BCUT2D eigenvalue weighted by molar-refractivity contribution is -0.125. The Morgan fingerprint density at radius 2 is 2.00 bits per heavy atom. The number of amides is 2. The zero-order valence-electron chi connectivity index (χ0n) is 14.9. The number of methoxy groups -OCH3 is 1. The highest BCUT2D eigenvalue weighted by Crippen LogP contribution is 2.27. The summed E-state index contributed by atoms with van der Waals surface area (Å²) in [5.74, 6) is -0.421. The quantitative estimate of drug-likeness (QED) is 0.851. The van der Waals surface area contributed by atoms with E-state index < -0.39 is 6.04 Å². The molecule has 7 heteroatoms. The molecule has 142 valence electrons. The van der Waals surface area contributed by atoms with Crippen LogP contribution in [-0.2, 0) is 11.3 Å². The second kappa shape index (κ2) is 8.39. The van der Waals surface area contributed by atoms with Crippen LogP contribution < -0.4 is 10.1 Å². The van der Waals surface area contributed by atoms with E-state index in [0.717, 1.165) is 12.0 Å². The Morgan fingerprint density at radius 1 is 1.26 bits per heavy atom. The van der Waals surface area contributed by atoms with Gasteiger partial charge in [0.15, 0.2) is 0 Å². The van der Waals surface area contributed by atoms with Crippen LogP contribution in [0.25, 0.3) is 0 Å². The second-order valence-corrected chi connectivity index (χ2v) is 6.78. The van der Waals surface area contributed by atoms with Crippen LogP contribution in [-0.4, -0.2) is 36.4 Å². The normalized spacial score (nSPS) is 16.3. The molecule has 0 radical (unpaired) electrons. The smallest absolute Gasteiger partial charge is 0.258 e. The maximum Gasteiger partial charge on any atom is 0.258 e. The largest absolute Gasteiger partial charge is 0.496 e. The number of hydrogen-bond acceptors (Lipinski definition) is 3. The van der Waals surface area contributed by atoms with Crippen LogP contribution in [0.4, 0.5) is 4.39 Å². The van der Waals surface area contributed by atoms with E-state index in [-0.39, 0.29) is 24.2 Å². The van der Waals surface area contributed by atoms with E-state index in [2.05, 4.69) is 5.32 Å². The number of ether oxygens (including phenoxy) is 1. The van der Waals surface area contributed by atoms with Crippen LogP contribution in [0.2, 0.25) is 5.02 Å². The van der Waals surface area contributed by atoms with Gasteiger partial charge < -0.3 is 15.0 Å². The number of rotatable bonds is 5. The fourth-order valence-corrected chi connectivity index (χ4v) is 3.37. The van der Waals surface area contributed by atoms with Gasteiger partial charge in [0, 0.05) is 18.1 Å². The number of halogens is 2. The third-order valence-electron chi connectivity index (χ3n) is 4.59. The first-order chi connectivity index (χ1) is 13.0. The number of nitrogens with one attached hydrogen (secondary N) is 1. The molecular formula is C20H20ClFN2O3. The molecule has 3 rings (SSSR count). The first kappa shape index (κ1) is 19.2. The third kappa shape index (κ3) is 4.39. The zero-order chi connectivity index (χ0) is 19.4. The summed E-state index contributed by atoms with van der Waals surface area (Å²) in [5.41, 5.74) is 1.13. The third-order valence-corrected chi connectivity index (χ3v) is 4.82. The fraction of sp³-hybridized carbons (Fsp3) is 0.300. The molecule has 5 nitrogen and oxygen atoms in total. The van der Waals surface area contributed by atoms with E-state index in [1.54, 1.807) is 35.2 Å². The van der Waals surface area contributed by atoms with Gasteiger partial charge in [0.2, 0.25) is 5.91 Å². The standard InChI is InChI=1S/C20H20ClFN2O3/c1-27-18-9-6-14(21)11-16(18)20(26)24-10-2-3-17(24)19(25)23-12-13-4-7-15(22)8-5-13/h4-9,11,17H,2-3,10,12H2,1H3,(H,23,25). The number of hydrogen-bond donors (Lipinski definition) is 1. The SMILES string of the molecule is COc1ccc(Cl)cc1C(=O)N1CCCC1C(=O)NCc1ccc(F)cc1. The van der Waals surface area contributed by atoms with Crippen molar-refractivity contribution in [2.24, 2.45) is 0 Å². The Balaban J connectivity index is 1.71. The molecule has 0 spiro atoms. The van der Waals surface area contributed by atoms with Crippen molar-refractivity contribution in [1.82, 2.24) is 10.2 Å². The predicted octanol–water partition coefficient (Wildman–Crippen LogP) is 3.41. The van der Waals surface area contributed by atoms with E-state index >= 15 is 0 Å². The minimum atomic E-state index is -0.554. The molecule has 1 unspecified atom stereocenters. The molecule has 27 heavy (non-hydrogen) atoms. The maximum absolute atomic E-state index is 13.0. The van der Waals surface area contributed by atoms with E-state index in [1.165, 1.54) is 19.2 Å². The van der Waals surface area contributed by atoms with E-state index in [9.17, 15) is 14.0 Å². The van der Waals surface area contributed by atoms with Crippen molar-refractivity contribution in [2.75, 3.05) is 13.7 Å². The van der Waals surface area contributed by atoms with E-state index in [1.807, 2.05) is 0 Å². The summed E-state index contributed by atoms with van der Waals surface area (Å²) in [6, 6.07) is 10.2.